The molecule has 11 nitrogen and oxygen atoms in total. The molecule has 2 aliphatic heterocycles. The summed E-state index contributed by atoms with van der Waals surface area (Å²) >= 11 is 0. The summed E-state index contributed by atoms with van der Waals surface area (Å²) in [6, 6.07) is 29.6. The maximum atomic E-state index is 13.4. The van der Waals surface area contributed by atoms with Crippen molar-refractivity contribution in [2.45, 2.75) is 94.9 Å². The third-order valence-corrected chi connectivity index (χ3v) is 9.83. The normalized spacial score (nSPS) is 30.9. The molecular formula is C40H52O11. The van der Waals surface area contributed by atoms with E-state index < -0.39 is 66.7 Å². The van der Waals surface area contributed by atoms with Crippen LogP contribution in [-0.4, -0.2) is 95.8 Å². The van der Waals surface area contributed by atoms with Crippen LogP contribution in [0.1, 0.15) is 37.0 Å². The smallest absolute Gasteiger partial charge is 0.338 e. The second-order valence-electron chi connectivity index (χ2n) is 12.8. The fraction of sp³-hybridized carbons (Fsp3) is 0.525. The first-order valence-electron chi connectivity index (χ1n) is 17.5. The van der Waals surface area contributed by atoms with Gasteiger partial charge in [0.15, 0.2) is 18.2 Å². The van der Waals surface area contributed by atoms with E-state index in [4.69, 9.17) is 47.4 Å². The van der Waals surface area contributed by atoms with Crippen LogP contribution in [0.25, 0.3) is 0 Å². The summed E-state index contributed by atoms with van der Waals surface area (Å²) in [4.78, 5) is 13.4. The Bertz CT molecular complexity index is 1440. The highest BCUT2D eigenvalue weighted by Gasteiger charge is 2.59. The number of methoxy groups -OCH3 is 4. The van der Waals surface area contributed by atoms with Crippen LogP contribution in [0.3, 0.4) is 0 Å². The molecule has 0 spiro atoms. The first-order chi connectivity index (χ1) is 24.9. The first kappa shape index (κ1) is 39.0. The van der Waals surface area contributed by atoms with Crippen LogP contribution in [0.2, 0.25) is 0 Å². The van der Waals surface area contributed by atoms with Crippen molar-refractivity contribution in [3.05, 3.63) is 108 Å². The zero-order chi connectivity index (χ0) is 36.2. The molecule has 2 fully saturated rings. The average molecular weight is 709 g/mol. The molecule has 3 aromatic carbocycles. The molecule has 11 heteroatoms. The van der Waals surface area contributed by atoms with Gasteiger partial charge >= 0.3 is 5.97 Å². The fourth-order valence-corrected chi connectivity index (χ4v) is 7.02. The number of carbonyl (C=O) groups excluding carboxylic acids is 1. The van der Waals surface area contributed by atoms with Crippen molar-refractivity contribution in [1.82, 2.24) is 0 Å². The molecule has 0 amide bonds. The Morgan fingerprint density at radius 3 is 1.67 bits per heavy atom. The first-order valence-corrected chi connectivity index (χ1v) is 17.5. The van der Waals surface area contributed by atoms with E-state index in [0.29, 0.717) is 13.0 Å². The van der Waals surface area contributed by atoms with Gasteiger partial charge in [-0.15, -0.1) is 0 Å². The molecule has 5 rings (SSSR count). The van der Waals surface area contributed by atoms with Crippen molar-refractivity contribution in [3.63, 3.8) is 0 Å². The van der Waals surface area contributed by atoms with E-state index in [0.717, 1.165) is 16.7 Å². The van der Waals surface area contributed by atoms with E-state index in [9.17, 15) is 4.79 Å². The van der Waals surface area contributed by atoms with Crippen LogP contribution in [-0.2, 0) is 72.0 Å². The minimum Gasteiger partial charge on any atom is -0.467 e. The summed E-state index contributed by atoms with van der Waals surface area (Å²) in [5.74, 6) is -0.951. The van der Waals surface area contributed by atoms with Gasteiger partial charge in [-0.2, -0.15) is 0 Å². The molecule has 0 radical (unpaired) electrons. The van der Waals surface area contributed by atoms with Crippen molar-refractivity contribution in [2.24, 2.45) is 5.92 Å². The molecule has 0 aromatic heterocycles. The summed E-state index contributed by atoms with van der Waals surface area (Å²) in [6.45, 7) is 4.76. The quantitative estimate of drug-likeness (QED) is 0.167. The second kappa shape index (κ2) is 19.0. The highest BCUT2D eigenvalue weighted by molar-refractivity contribution is 5.80. The van der Waals surface area contributed by atoms with Gasteiger partial charge in [0.25, 0.3) is 0 Å². The molecule has 2 heterocycles. The molecule has 51 heavy (non-hydrogen) atoms. The van der Waals surface area contributed by atoms with Crippen molar-refractivity contribution in [2.75, 3.05) is 35.0 Å². The van der Waals surface area contributed by atoms with Gasteiger partial charge in [-0.1, -0.05) is 105 Å². The summed E-state index contributed by atoms with van der Waals surface area (Å²) in [6.07, 6.45) is -5.99. The number of rotatable bonds is 17. The van der Waals surface area contributed by atoms with E-state index in [1.54, 1.807) is 21.3 Å². The van der Waals surface area contributed by atoms with Crippen LogP contribution in [0.5, 0.6) is 0 Å². The van der Waals surface area contributed by atoms with Gasteiger partial charge < -0.3 is 47.4 Å². The Morgan fingerprint density at radius 2 is 1.18 bits per heavy atom. The third-order valence-electron chi connectivity index (χ3n) is 9.83. The Balaban J connectivity index is 1.52. The molecule has 10 atom stereocenters. The highest BCUT2D eigenvalue weighted by atomic mass is 16.8. The van der Waals surface area contributed by atoms with Crippen LogP contribution in [0, 0.1) is 5.92 Å². The van der Waals surface area contributed by atoms with Gasteiger partial charge in [0.05, 0.1) is 39.6 Å². The molecule has 2 saturated heterocycles. The van der Waals surface area contributed by atoms with Crippen molar-refractivity contribution in [1.29, 1.82) is 0 Å². The molecular weight excluding hydrogens is 656 g/mol. The molecule has 3 aromatic rings. The van der Waals surface area contributed by atoms with Crippen LogP contribution >= 0.6 is 0 Å². The lowest BCUT2D eigenvalue weighted by Crippen LogP contribution is -2.68. The van der Waals surface area contributed by atoms with Crippen molar-refractivity contribution in [3.8, 4) is 0 Å². The highest BCUT2D eigenvalue weighted by Crippen LogP contribution is 2.42. The Hall–Kier alpha value is -3.23. The molecule has 0 N–H and O–H groups in total. The van der Waals surface area contributed by atoms with E-state index in [2.05, 4.69) is 0 Å². The SMILES string of the molecule is CCC1(C(=O)OC)O[C@@H](O[C@@H]2C(COCc3ccccc3)O[C@H](OC)C(OCc3ccccc3)[C@@H]2OCc2ccccc2)C(OC)[C@@H](OC)[C@@H]1C. The standard InChI is InChI=1S/C40H52O11/c1-7-40(39(41)45-6)27(2)32(42-3)35(43-4)38(51-40)50-33-31(26-46-23-28-17-11-8-12-18-28)49-37(44-5)36(48-25-30-21-15-10-16-22-30)34(33)47-24-29-19-13-9-14-20-29/h8-22,27,31-38H,7,23-26H2,1-6H3/t27-,31?,32-,33+,34+,35?,36?,37-,38+,40?/m0/s1. The molecule has 0 saturated carbocycles. The monoisotopic (exact) mass is 708 g/mol. The van der Waals surface area contributed by atoms with E-state index in [1.165, 1.54) is 7.11 Å². The lowest BCUT2D eigenvalue weighted by molar-refractivity contribution is -0.375. The minimum atomic E-state index is -1.37. The average Bonchev–Trinajstić information content (AvgIpc) is 3.18. The number of ether oxygens (including phenoxy) is 10. The van der Waals surface area contributed by atoms with Crippen LogP contribution in [0.15, 0.2) is 91.0 Å². The second-order valence-corrected chi connectivity index (χ2v) is 12.8. The maximum absolute atomic E-state index is 13.4. The summed E-state index contributed by atoms with van der Waals surface area (Å²) in [7, 11) is 6.06. The zero-order valence-corrected chi connectivity index (χ0v) is 30.4. The fourth-order valence-electron chi connectivity index (χ4n) is 7.02. The topological polar surface area (TPSA) is 109 Å². The van der Waals surface area contributed by atoms with E-state index >= 15 is 0 Å². The zero-order valence-electron chi connectivity index (χ0n) is 30.4. The van der Waals surface area contributed by atoms with Gasteiger partial charge in [-0.05, 0) is 23.1 Å². The van der Waals surface area contributed by atoms with Gasteiger partial charge in [-0.3, -0.25) is 0 Å². The van der Waals surface area contributed by atoms with Gasteiger partial charge in [-0.25, -0.2) is 4.79 Å². The van der Waals surface area contributed by atoms with Gasteiger partial charge in [0.1, 0.15) is 30.5 Å². The predicted molar refractivity (Wildman–Crippen MR) is 187 cm³/mol. The number of carbonyl (C=O) groups is 1. The Morgan fingerprint density at radius 1 is 0.647 bits per heavy atom. The molecule has 0 aliphatic carbocycles. The molecule has 2 aliphatic rings. The largest absolute Gasteiger partial charge is 0.467 e. The predicted octanol–water partition coefficient (Wildman–Crippen LogP) is 5.47. The van der Waals surface area contributed by atoms with Gasteiger partial charge in [0, 0.05) is 27.2 Å². The van der Waals surface area contributed by atoms with E-state index in [-0.39, 0.29) is 19.8 Å². The van der Waals surface area contributed by atoms with E-state index in [1.807, 2.05) is 105 Å². The van der Waals surface area contributed by atoms with Crippen LogP contribution in [0.4, 0.5) is 0 Å². The van der Waals surface area contributed by atoms with Gasteiger partial charge in [0.2, 0.25) is 0 Å². The van der Waals surface area contributed by atoms with Crippen molar-refractivity contribution >= 4 is 5.97 Å². The lowest BCUT2D eigenvalue weighted by Gasteiger charge is -2.52. The number of hydrogen-bond donors (Lipinski definition) is 0. The third kappa shape index (κ3) is 9.23. The lowest BCUT2D eigenvalue weighted by atomic mass is 9.77. The number of esters is 1. The Labute approximate surface area is 301 Å². The maximum Gasteiger partial charge on any atom is 0.338 e. The summed E-state index contributed by atoms with van der Waals surface area (Å²) in [5, 5.41) is 0. The molecule has 0 bridgehead atoms. The molecule has 278 valence electrons. The summed E-state index contributed by atoms with van der Waals surface area (Å²) in [5.41, 5.74) is 1.57. The number of hydrogen-bond acceptors (Lipinski definition) is 11. The number of benzene rings is 3. The Kier molecular flexibility index (Phi) is 14.5. The van der Waals surface area contributed by atoms with Crippen LogP contribution < -0.4 is 0 Å². The minimum absolute atomic E-state index is 0.125. The van der Waals surface area contributed by atoms with Crippen molar-refractivity contribution < 1.29 is 52.2 Å². The molecule has 4 unspecified atom stereocenters. The summed E-state index contributed by atoms with van der Waals surface area (Å²) < 4.78 is 63.0.